The summed E-state index contributed by atoms with van der Waals surface area (Å²) < 4.78 is 0.946. The molecule has 1 aromatic heterocycles. The monoisotopic (exact) mass is 209 g/mol. The third-order valence-corrected chi connectivity index (χ3v) is 3.42. The molecular formula is C9H7NOS2. The molecule has 4 heteroatoms. The van der Waals surface area contributed by atoms with Crippen molar-refractivity contribution in [3.05, 3.63) is 35.8 Å². The molecule has 0 saturated carbocycles. The molecule has 0 atom stereocenters. The number of aromatic nitrogens is 1. The van der Waals surface area contributed by atoms with E-state index in [1.54, 1.807) is 29.7 Å². The third kappa shape index (κ3) is 2.02. The second kappa shape index (κ2) is 3.81. The van der Waals surface area contributed by atoms with Crippen LogP contribution in [0.15, 0.2) is 45.1 Å². The first-order chi connectivity index (χ1) is 6.36. The number of aromatic hydroxyl groups is 1. The van der Waals surface area contributed by atoms with Crippen molar-refractivity contribution < 1.29 is 5.11 Å². The summed E-state index contributed by atoms with van der Waals surface area (Å²) in [7, 11) is 0. The summed E-state index contributed by atoms with van der Waals surface area (Å²) in [5, 5.41) is 11.4. The lowest BCUT2D eigenvalue weighted by Gasteiger charge is -1.99. The zero-order valence-electron chi connectivity index (χ0n) is 6.68. The molecule has 1 heterocycles. The summed E-state index contributed by atoms with van der Waals surface area (Å²) in [4.78, 5) is 4.97. The molecule has 0 saturated heterocycles. The summed E-state index contributed by atoms with van der Waals surface area (Å²) in [6.07, 6.45) is 1.76. The molecular weight excluding hydrogens is 202 g/mol. The number of para-hydroxylation sites is 1. The molecule has 1 aromatic carbocycles. The number of thiazole rings is 1. The van der Waals surface area contributed by atoms with Gasteiger partial charge in [-0.2, -0.15) is 0 Å². The quantitative estimate of drug-likeness (QED) is 0.825. The maximum atomic E-state index is 9.47. The van der Waals surface area contributed by atoms with Crippen molar-refractivity contribution in [2.24, 2.45) is 0 Å². The van der Waals surface area contributed by atoms with E-state index in [0.29, 0.717) is 5.75 Å². The van der Waals surface area contributed by atoms with Crippen LogP contribution in [0.25, 0.3) is 0 Å². The molecule has 0 amide bonds. The lowest BCUT2D eigenvalue weighted by molar-refractivity contribution is 0.462. The number of nitrogens with zero attached hydrogens (tertiary/aromatic N) is 1. The zero-order valence-corrected chi connectivity index (χ0v) is 8.31. The molecule has 0 unspecified atom stereocenters. The van der Waals surface area contributed by atoms with Crippen LogP contribution in [0.4, 0.5) is 0 Å². The maximum Gasteiger partial charge on any atom is 0.154 e. The van der Waals surface area contributed by atoms with E-state index in [4.69, 9.17) is 0 Å². The molecule has 2 rings (SSSR count). The van der Waals surface area contributed by atoms with E-state index < -0.39 is 0 Å². The van der Waals surface area contributed by atoms with Gasteiger partial charge in [-0.05, 0) is 12.1 Å². The molecule has 2 nitrogen and oxygen atoms in total. The Labute approximate surface area is 84.3 Å². The average Bonchev–Trinajstić information content (AvgIpc) is 2.61. The van der Waals surface area contributed by atoms with E-state index in [-0.39, 0.29) is 0 Å². The molecule has 0 fully saturated rings. The highest BCUT2D eigenvalue weighted by molar-refractivity contribution is 8.01. The number of phenols is 1. The molecule has 0 aliphatic carbocycles. The topological polar surface area (TPSA) is 33.1 Å². The van der Waals surface area contributed by atoms with Crippen molar-refractivity contribution in [1.82, 2.24) is 4.98 Å². The van der Waals surface area contributed by atoms with E-state index in [0.717, 1.165) is 9.24 Å². The van der Waals surface area contributed by atoms with Crippen LogP contribution in [0.1, 0.15) is 0 Å². The van der Waals surface area contributed by atoms with Gasteiger partial charge in [0.25, 0.3) is 0 Å². The predicted octanol–water partition coefficient (Wildman–Crippen LogP) is 3.00. The van der Waals surface area contributed by atoms with Crippen LogP contribution in [-0.4, -0.2) is 10.1 Å². The molecule has 0 aliphatic rings. The molecule has 0 radical (unpaired) electrons. The van der Waals surface area contributed by atoms with Gasteiger partial charge in [-0.1, -0.05) is 23.9 Å². The first kappa shape index (κ1) is 8.59. The van der Waals surface area contributed by atoms with Crippen LogP contribution in [0.3, 0.4) is 0 Å². The van der Waals surface area contributed by atoms with Crippen LogP contribution < -0.4 is 0 Å². The Morgan fingerprint density at radius 2 is 2.15 bits per heavy atom. The molecule has 0 aliphatic heterocycles. The summed E-state index contributed by atoms with van der Waals surface area (Å²) in [6, 6.07) is 7.26. The van der Waals surface area contributed by atoms with Crippen LogP contribution in [0.5, 0.6) is 5.75 Å². The fourth-order valence-corrected chi connectivity index (χ4v) is 2.51. The van der Waals surface area contributed by atoms with Gasteiger partial charge in [-0.15, -0.1) is 11.3 Å². The molecule has 0 bridgehead atoms. The zero-order chi connectivity index (χ0) is 9.10. The van der Waals surface area contributed by atoms with Gasteiger partial charge in [0, 0.05) is 11.6 Å². The summed E-state index contributed by atoms with van der Waals surface area (Å²) in [5.41, 5.74) is 0. The predicted molar refractivity (Wildman–Crippen MR) is 54.3 cm³/mol. The van der Waals surface area contributed by atoms with Gasteiger partial charge >= 0.3 is 0 Å². The lowest BCUT2D eigenvalue weighted by Crippen LogP contribution is -1.72. The van der Waals surface area contributed by atoms with E-state index >= 15 is 0 Å². The van der Waals surface area contributed by atoms with Crippen molar-refractivity contribution in [3.63, 3.8) is 0 Å². The number of rotatable bonds is 2. The Balaban J connectivity index is 2.24. The van der Waals surface area contributed by atoms with E-state index in [1.807, 2.05) is 17.5 Å². The Hall–Kier alpha value is -1.00. The van der Waals surface area contributed by atoms with Gasteiger partial charge in [0.05, 0.1) is 4.90 Å². The molecule has 0 spiro atoms. The number of hydrogen-bond donors (Lipinski definition) is 1. The Morgan fingerprint density at radius 1 is 1.31 bits per heavy atom. The third-order valence-electron chi connectivity index (χ3n) is 1.47. The Bertz CT molecular complexity index is 386. The Morgan fingerprint density at radius 3 is 2.85 bits per heavy atom. The second-order valence-corrected chi connectivity index (χ2v) is 4.55. The summed E-state index contributed by atoms with van der Waals surface area (Å²) >= 11 is 3.05. The van der Waals surface area contributed by atoms with Gasteiger partial charge < -0.3 is 5.11 Å². The minimum atomic E-state index is 0.308. The van der Waals surface area contributed by atoms with Crippen LogP contribution in [-0.2, 0) is 0 Å². The van der Waals surface area contributed by atoms with Crippen molar-refractivity contribution in [2.45, 2.75) is 9.24 Å². The molecule has 2 aromatic rings. The lowest BCUT2D eigenvalue weighted by atomic mass is 10.3. The first-order valence-corrected chi connectivity index (χ1v) is 5.41. The van der Waals surface area contributed by atoms with Crippen molar-refractivity contribution >= 4 is 23.1 Å². The number of benzene rings is 1. The number of phenolic OH excluding ortho intramolecular Hbond substituents is 1. The van der Waals surface area contributed by atoms with Gasteiger partial charge in [0.15, 0.2) is 4.34 Å². The van der Waals surface area contributed by atoms with E-state index in [9.17, 15) is 5.11 Å². The second-order valence-electron chi connectivity index (χ2n) is 2.37. The molecule has 13 heavy (non-hydrogen) atoms. The van der Waals surface area contributed by atoms with Gasteiger partial charge in [0.2, 0.25) is 0 Å². The highest BCUT2D eigenvalue weighted by atomic mass is 32.2. The summed E-state index contributed by atoms with van der Waals surface area (Å²) in [5.74, 6) is 0.308. The fourth-order valence-electron chi connectivity index (χ4n) is 0.898. The molecule has 66 valence electrons. The van der Waals surface area contributed by atoms with Crippen LogP contribution in [0, 0.1) is 0 Å². The number of hydrogen-bond acceptors (Lipinski definition) is 4. The highest BCUT2D eigenvalue weighted by Gasteiger charge is 2.03. The highest BCUT2D eigenvalue weighted by Crippen LogP contribution is 2.34. The minimum Gasteiger partial charge on any atom is -0.507 e. The summed E-state index contributed by atoms with van der Waals surface area (Å²) in [6.45, 7) is 0. The normalized spacial score (nSPS) is 10.2. The molecule has 1 N–H and O–H groups in total. The standard InChI is InChI=1S/C9H7NOS2/c11-7-3-1-2-4-8(7)13-9-10-5-6-12-9/h1-6,11H. The van der Waals surface area contributed by atoms with Gasteiger partial charge in [0.1, 0.15) is 5.75 Å². The van der Waals surface area contributed by atoms with Crippen molar-refractivity contribution in [2.75, 3.05) is 0 Å². The van der Waals surface area contributed by atoms with E-state index in [1.165, 1.54) is 11.8 Å². The minimum absolute atomic E-state index is 0.308. The largest absolute Gasteiger partial charge is 0.507 e. The first-order valence-electron chi connectivity index (χ1n) is 3.71. The van der Waals surface area contributed by atoms with E-state index in [2.05, 4.69) is 4.98 Å². The Kier molecular flexibility index (Phi) is 2.52. The SMILES string of the molecule is Oc1ccccc1Sc1nccs1. The van der Waals surface area contributed by atoms with Crippen LogP contribution in [0.2, 0.25) is 0 Å². The van der Waals surface area contributed by atoms with Crippen molar-refractivity contribution in [3.8, 4) is 5.75 Å². The van der Waals surface area contributed by atoms with Crippen molar-refractivity contribution in [1.29, 1.82) is 0 Å². The maximum absolute atomic E-state index is 9.47. The average molecular weight is 209 g/mol. The van der Waals surface area contributed by atoms with Crippen LogP contribution >= 0.6 is 23.1 Å². The van der Waals surface area contributed by atoms with Gasteiger partial charge in [-0.25, -0.2) is 4.98 Å². The smallest absolute Gasteiger partial charge is 0.154 e. The van der Waals surface area contributed by atoms with Gasteiger partial charge in [-0.3, -0.25) is 0 Å². The fraction of sp³-hybridized carbons (Fsp3) is 0.